The second-order valence-electron chi connectivity index (χ2n) is 4.70. The van der Waals surface area contributed by atoms with Gasteiger partial charge in [0.25, 0.3) is 0 Å². The summed E-state index contributed by atoms with van der Waals surface area (Å²) in [4.78, 5) is 12.2. The molecule has 21 heavy (non-hydrogen) atoms. The van der Waals surface area contributed by atoms with Crippen molar-refractivity contribution >= 4 is 27.6 Å². The van der Waals surface area contributed by atoms with E-state index in [1.54, 1.807) is 0 Å². The first-order valence-corrected chi connectivity index (χ1v) is 7.02. The number of morpholine rings is 1. The highest BCUT2D eigenvalue weighted by Crippen LogP contribution is 2.38. The SMILES string of the molecule is O=C(O)CC1CN(c2ccc(Br)cc2C(F)(F)F)CCO1. The minimum atomic E-state index is -4.47. The van der Waals surface area contributed by atoms with Gasteiger partial charge in [-0.2, -0.15) is 13.2 Å². The summed E-state index contributed by atoms with van der Waals surface area (Å²) < 4.78 is 45.0. The standard InChI is InChI=1S/C13H13BrF3NO3/c14-8-1-2-11(10(5-8)13(15,16)17)18-3-4-21-9(7-18)6-12(19)20/h1-2,5,9H,3-4,6-7H2,(H,19,20). The first-order valence-electron chi connectivity index (χ1n) is 6.22. The third kappa shape index (κ3) is 4.10. The average molecular weight is 368 g/mol. The van der Waals surface area contributed by atoms with Gasteiger partial charge < -0.3 is 14.7 Å². The number of aliphatic carboxylic acids is 1. The van der Waals surface area contributed by atoms with E-state index in [1.165, 1.54) is 17.0 Å². The lowest BCUT2D eigenvalue weighted by Gasteiger charge is -2.35. The molecule has 0 bridgehead atoms. The van der Waals surface area contributed by atoms with E-state index in [2.05, 4.69) is 15.9 Å². The number of carboxylic acid groups (broad SMARTS) is 1. The third-order valence-electron chi connectivity index (χ3n) is 3.15. The summed E-state index contributed by atoms with van der Waals surface area (Å²) in [5.41, 5.74) is -0.697. The van der Waals surface area contributed by atoms with Crippen molar-refractivity contribution in [3.05, 3.63) is 28.2 Å². The number of nitrogens with zero attached hydrogens (tertiary/aromatic N) is 1. The van der Waals surface area contributed by atoms with Gasteiger partial charge in [-0.1, -0.05) is 15.9 Å². The fourth-order valence-corrected chi connectivity index (χ4v) is 2.63. The molecule has 0 spiro atoms. The highest BCUT2D eigenvalue weighted by atomic mass is 79.9. The number of carbonyl (C=O) groups is 1. The van der Waals surface area contributed by atoms with Gasteiger partial charge in [0.15, 0.2) is 0 Å². The molecule has 1 aromatic carbocycles. The topological polar surface area (TPSA) is 49.8 Å². The molecule has 8 heteroatoms. The van der Waals surface area contributed by atoms with Crippen LogP contribution in [0.15, 0.2) is 22.7 Å². The molecule has 0 aliphatic carbocycles. The monoisotopic (exact) mass is 367 g/mol. The molecule has 1 aromatic rings. The van der Waals surface area contributed by atoms with Crippen LogP contribution in [-0.4, -0.2) is 36.9 Å². The van der Waals surface area contributed by atoms with Crippen molar-refractivity contribution in [1.82, 2.24) is 0 Å². The lowest BCUT2D eigenvalue weighted by Crippen LogP contribution is -2.44. The van der Waals surface area contributed by atoms with Crippen molar-refractivity contribution in [2.45, 2.75) is 18.7 Å². The van der Waals surface area contributed by atoms with Crippen molar-refractivity contribution in [2.24, 2.45) is 0 Å². The van der Waals surface area contributed by atoms with Crippen LogP contribution in [0.4, 0.5) is 18.9 Å². The Balaban J connectivity index is 2.27. The Morgan fingerprint density at radius 3 is 2.81 bits per heavy atom. The maximum Gasteiger partial charge on any atom is 0.418 e. The molecule has 0 amide bonds. The van der Waals surface area contributed by atoms with Crippen molar-refractivity contribution in [1.29, 1.82) is 0 Å². The van der Waals surface area contributed by atoms with Gasteiger partial charge in [-0.15, -0.1) is 0 Å². The molecule has 1 aliphatic rings. The number of hydrogen-bond donors (Lipinski definition) is 1. The number of alkyl halides is 3. The lowest BCUT2D eigenvalue weighted by atomic mass is 10.1. The number of anilines is 1. The molecule has 1 heterocycles. The van der Waals surface area contributed by atoms with Crippen LogP contribution in [0.25, 0.3) is 0 Å². The summed E-state index contributed by atoms with van der Waals surface area (Å²) in [6.07, 6.45) is -5.31. The summed E-state index contributed by atoms with van der Waals surface area (Å²) >= 11 is 3.04. The molecule has 4 nitrogen and oxygen atoms in total. The minimum absolute atomic E-state index is 0.0457. The number of hydrogen-bond acceptors (Lipinski definition) is 3. The maximum atomic E-state index is 13.1. The molecule has 1 unspecified atom stereocenters. The number of carboxylic acids is 1. The van der Waals surface area contributed by atoms with Crippen molar-refractivity contribution in [3.63, 3.8) is 0 Å². The molecule has 1 N–H and O–H groups in total. The van der Waals surface area contributed by atoms with Crippen LogP contribution in [0.3, 0.4) is 0 Å². The Bertz CT molecular complexity index is 536. The van der Waals surface area contributed by atoms with Gasteiger partial charge in [0.05, 0.1) is 24.7 Å². The fourth-order valence-electron chi connectivity index (χ4n) is 2.27. The van der Waals surface area contributed by atoms with Gasteiger partial charge in [-0.3, -0.25) is 4.79 Å². The predicted octanol–water partition coefficient (Wildman–Crippen LogP) is 3.15. The molecule has 1 saturated heterocycles. The van der Waals surface area contributed by atoms with E-state index < -0.39 is 23.8 Å². The molecule has 116 valence electrons. The normalized spacial score (nSPS) is 19.6. The Labute approximate surface area is 127 Å². The predicted molar refractivity (Wildman–Crippen MR) is 73.3 cm³/mol. The van der Waals surface area contributed by atoms with E-state index in [4.69, 9.17) is 9.84 Å². The van der Waals surface area contributed by atoms with Gasteiger partial charge in [-0.25, -0.2) is 0 Å². The molecule has 0 saturated carbocycles. The van der Waals surface area contributed by atoms with Crippen LogP contribution in [0, 0.1) is 0 Å². The highest BCUT2D eigenvalue weighted by molar-refractivity contribution is 9.10. The zero-order valence-electron chi connectivity index (χ0n) is 10.9. The number of benzene rings is 1. The molecule has 0 aromatic heterocycles. The molecular formula is C13H13BrF3NO3. The first kappa shape index (κ1) is 16.1. The van der Waals surface area contributed by atoms with Crippen LogP contribution in [-0.2, 0) is 15.7 Å². The largest absolute Gasteiger partial charge is 0.481 e. The van der Waals surface area contributed by atoms with Gasteiger partial charge in [0.1, 0.15) is 0 Å². The molecule has 1 atom stereocenters. The Kier molecular flexibility index (Phi) is 4.77. The Hall–Kier alpha value is -1.28. The first-order chi connectivity index (χ1) is 9.77. The van der Waals surface area contributed by atoms with Crippen LogP contribution in [0.1, 0.15) is 12.0 Å². The van der Waals surface area contributed by atoms with Gasteiger partial charge >= 0.3 is 12.1 Å². The van der Waals surface area contributed by atoms with Gasteiger partial charge in [0.2, 0.25) is 0 Å². The molecule has 1 aliphatic heterocycles. The van der Waals surface area contributed by atoms with Crippen molar-refractivity contribution in [3.8, 4) is 0 Å². The average Bonchev–Trinajstić information content (AvgIpc) is 2.37. The van der Waals surface area contributed by atoms with Crippen LogP contribution >= 0.6 is 15.9 Å². The Morgan fingerprint density at radius 1 is 1.48 bits per heavy atom. The number of rotatable bonds is 3. The van der Waals surface area contributed by atoms with Crippen LogP contribution in [0.2, 0.25) is 0 Å². The maximum absolute atomic E-state index is 13.1. The zero-order valence-corrected chi connectivity index (χ0v) is 12.4. The summed E-state index contributed by atoms with van der Waals surface area (Å²) in [7, 11) is 0. The highest BCUT2D eigenvalue weighted by Gasteiger charge is 2.36. The summed E-state index contributed by atoms with van der Waals surface area (Å²) in [6.45, 7) is 0.614. The van der Waals surface area contributed by atoms with E-state index >= 15 is 0 Å². The van der Waals surface area contributed by atoms with E-state index in [0.717, 1.165) is 6.07 Å². The second-order valence-corrected chi connectivity index (χ2v) is 5.61. The lowest BCUT2D eigenvalue weighted by molar-refractivity contribution is -0.141. The quantitative estimate of drug-likeness (QED) is 0.891. The fraction of sp³-hybridized carbons (Fsp3) is 0.462. The van der Waals surface area contributed by atoms with Crippen LogP contribution in [0.5, 0.6) is 0 Å². The summed E-state index contributed by atoms with van der Waals surface area (Å²) in [5, 5.41) is 8.76. The van der Waals surface area contributed by atoms with E-state index in [9.17, 15) is 18.0 Å². The van der Waals surface area contributed by atoms with E-state index in [-0.39, 0.29) is 25.3 Å². The molecule has 0 radical (unpaired) electrons. The third-order valence-corrected chi connectivity index (χ3v) is 3.64. The summed E-state index contributed by atoms with van der Waals surface area (Å²) in [6, 6.07) is 3.94. The van der Waals surface area contributed by atoms with Gasteiger partial charge in [0, 0.05) is 23.2 Å². The van der Waals surface area contributed by atoms with E-state index in [0.29, 0.717) is 11.0 Å². The Morgan fingerprint density at radius 2 is 2.19 bits per heavy atom. The number of halogens is 4. The van der Waals surface area contributed by atoms with Crippen LogP contribution < -0.4 is 4.90 Å². The van der Waals surface area contributed by atoms with Gasteiger partial charge in [-0.05, 0) is 18.2 Å². The second kappa shape index (κ2) is 6.23. The molecule has 1 fully saturated rings. The minimum Gasteiger partial charge on any atom is -0.481 e. The van der Waals surface area contributed by atoms with E-state index in [1.807, 2.05) is 0 Å². The van der Waals surface area contributed by atoms with Crippen molar-refractivity contribution in [2.75, 3.05) is 24.6 Å². The summed E-state index contributed by atoms with van der Waals surface area (Å²) in [5.74, 6) is -1.03. The molecular weight excluding hydrogens is 355 g/mol. The number of ether oxygens (including phenoxy) is 1. The molecule has 2 rings (SSSR count). The zero-order chi connectivity index (χ0) is 15.6. The van der Waals surface area contributed by atoms with Crippen molar-refractivity contribution < 1.29 is 27.8 Å². The smallest absolute Gasteiger partial charge is 0.418 e.